The molecule has 0 aliphatic rings. The van der Waals surface area contributed by atoms with Crippen LogP contribution < -0.4 is 14.9 Å². The van der Waals surface area contributed by atoms with Crippen LogP contribution in [0.1, 0.15) is 20.7 Å². The third-order valence-electron chi connectivity index (χ3n) is 2.42. The first-order chi connectivity index (χ1) is 9.06. The first-order valence-corrected chi connectivity index (χ1v) is 5.37. The van der Waals surface area contributed by atoms with Crippen molar-refractivity contribution in [1.82, 2.24) is 0 Å². The second kappa shape index (κ2) is 8.84. The zero-order chi connectivity index (χ0) is 13.8. The number of hydrogen-bond acceptors (Lipinski definition) is 5. The first kappa shape index (κ1) is 19.7. The van der Waals surface area contributed by atoms with E-state index in [2.05, 4.69) is 0 Å². The maximum atomic E-state index is 10.6. The molecule has 0 aromatic heterocycles. The summed E-state index contributed by atoms with van der Waals surface area (Å²) in [7, 11) is 0. The molecule has 0 spiro atoms. The normalized spacial score (nSPS) is 8.95. The van der Waals surface area contributed by atoms with Crippen molar-refractivity contribution >= 4 is 11.9 Å². The smallest absolute Gasteiger partial charge is 0.545 e. The van der Waals surface area contributed by atoms with Gasteiger partial charge >= 0.3 is 44.8 Å². The van der Waals surface area contributed by atoms with Gasteiger partial charge < -0.3 is 24.5 Å². The van der Waals surface area contributed by atoms with Gasteiger partial charge in [0, 0.05) is 0 Å². The maximum absolute atomic E-state index is 10.6. The van der Waals surface area contributed by atoms with Crippen molar-refractivity contribution in [2.45, 2.75) is 0 Å². The number of carbonyl (C=O) groups excluding carboxylic acids is 2. The van der Waals surface area contributed by atoms with E-state index >= 15 is 0 Å². The van der Waals surface area contributed by atoms with Crippen molar-refractivity contribution in [3.63, 3.8) is 0 Å². The Kier molecular flexibility index (Phi) is 8.28. The molecule has 0 bridgehead atoms. The second-order valence-corrected chi connectivity index (χ2v) is 3.73. The summed E-state index contributed by atoms with van der Waals surface area (Å²) in [6, 6.07) is 11.4. The van der Waals surface area contributed by atoms with E-state index in [0.29, 0.717) is 11.5 Å². The third kappa shape index (κ3) is 5.51. The molecule has 0 aliphatic heterocycles. The van der Waals surface area contributed by atoms with E-state index < -0.39 is 11.9 Å². The van der Waals surface area contributed by atoms with Gasteiger partial charge in [0.25, 0.3) is 0 Å². The molecular formula is C14H8Ag2O5. The molecule has 116 valence electrons. The van der Waals surface area contributed by atoms with Crippen molar-refractivity contribution in [2.24, 2.45) is 0 Å². The predicted molar refractivity (Wildman–Crippen MR) is 61.6 cm³/mol. The molecular weight excluding hydrogens is 464 g/mol. The minimum atomic E-state index is -1.26. The molecule has 0 amide bonds. The molecule has 21 heavy (non-hydrogen) atoms. The molecule has 0 fully saturated rings. The van der Waals surface area contributed by atoms with Gasteiger partial charge in [-0.15, -0.1) is 0 Å². The van der Waals surface area contributed by atoms with Crippen LogP contribution in [-0.2, 0) is 44.8 Å². The Labute approximate surface area is 152 Å². The molecule has 0 heterocycles. The molecule has 0 saturated carbocycles. The number of rotatable bonds is 4. The van der Waals surface area contributed by atoms with Crippen LogP contribution in [0.2, 0.25) is 0 Å². The number of aromatic carboxylic acids is 2. The van der Waals surface area contributed by atoms with Crippen LogP contribution >= 0.6 is 0 Å². The molecule has 7 heteroatoms. The van der Waals surface area contributed by atoms with Crippen molar-refractivity contribution < 1.29 is 69.3 Å². The predicted octanol–water partition coefficient (Wildman–Crippen LogP) is 0.201. The first-order valence-electron chi connectivity index (χ1n) is 5.37. The summed E-state index contributed by atoms with van der Waals surface area (Å²) in [5.74, 6) is -1.65. The van der Waals surface area contributed by atoms with Crippen molar-refractivity contribution in [2.75, 3.05) is 0 Å². The summed E-state index contributed by atoms with van der Waals surface area (Å²) in [6.45, 7) is 0. The standard InChI is InChI=1S/C14H10O5.2Ag/c15-13(16)9-1-5-11(6-2-9)19-12-7-3-10(4-8-12)14(17)18;;/h1-8H,(H,15,16)(H,17,18);;/q;2*+1/p-2. The fraction of sp³-hybridized carbons (Fsp3) is 0. The van der Waals surface area contributed by atoms with E-state index in [4.69, 9.17) is 4.74 Å². The molecule has 0 N–H and O–H groups in total. The van der Waals surface area contributed by atoms with Crippen LogP contribution in [0.25, 0.3) is 0 Å². The summed E-state index contributed by atoms with van der Waals surface area (Å²) in [5, 5.41) is 21.1. The number of ether oxygens (including phenoxy) is 1. The summed E-state index contributed by atoms with van der Waals surface area (Å²) in [6.07, 6.45) is 0. The molecule has 2 rings (SSSR count). The molecule has 5 nitrogen and oxygen atoms in total. The van der Waals surface area contributed by atoms with Gasteiger partial charge in [-0.2, -0.15) is 0 Å². The van der Waals surface area contributed by atoms with Crippen molar-refractivity contribution in [3.8, 4) is 11.5 Å². The Morgan fingerprint density at radius 1 is 0.667 bits per heavy atom. The number of benzene rings is 2. The zero-order valence-corrected chi connectivity index (χ0v) is 13.2. The Hall–Kier alpha value is -1.34. The Morgan fingerprint density at radius 3 is 1.19 bits per heavy atom. The molecule has 0 radical (unpaired) electrons. The van der Waals surface area contributed by atoms with E-state index in [9.17, 15) is 19.8 Å². The van der Waals surface area contributed by atoms with Gasteiger partial charge in [-0.3, -0.25) is 0 Å². The fourth-order valence-electron chi connectivity index (χ4n) is 1.45. The Morgan fingerprint density at radius 2 is 0.952 bits per heavy atom. The maximum Gasteiger partial charge on any atom is 1.00 e. The second-order valence-electron chi connectivity index (χ2n) is 3.73. The summed E-state index contributed by atoms with van der Waals surface area (Å²) < 4.78 is 5.42. The van der Waals surface area contributed by atoms with Crippen LogP contribution in [-0.4, -0.2) is 11.9 Å². The van der Waals surface area contributed by atoms with E-state index in [-0.39, 0.29) is 55.9 Å². The average Bonchev–Trinajstić information content (AvgIpc) is 2.40. The van der Waals surface area contributed by atoms with Crippen LogP contribution in [0.4, 0.5) is 0 Å². The van der Waals surface area contributed by atoms with Crippen molar-refractivity contribution in [1.29, 1.82) is 0 Å². The minimum absolute atomic E-state index is 0. The van der Waals surface area contributed by atoms with Gasteiger partial charge in [-0.05, 0) is 59.7 Å². The van der Waals surface area contributed by atoms with Gasteiger partial charge in [-0.25, -0.2) is 0 Å². The van der Waals surface area contributed by atoms with E-state index in [0.717, 1.165) is 0 Å². The van der Waals surface area contributed by atoms with E-state index in [1.54, 1.807) is 0 Å². The van der Waals surface area contributed by atoms with Gasteiger partial charge in [0.2, 0.25) is 0 Å². The molecule has 0 saturated heterocycles. The Balaban J connectivity index is 0.00000200. The van der Waals surface area contributed by atoms with Crippen LogP contribution in [0.5, 0.6) is 11.5 Å². The van der Waals surface area contributed by atoms with Crippen molar-refractivity contribution in [3.05, 3.63) is 59.7 Å². The van der Waals surface area contributed by atoms with Crippen LogP contribution in [0.15, 0.2) is 48.5 Å². The largest absolute Gasteiger partial charge is 1.00 e. The molecule has 0 unspecified atom stereocenters. The Bertz CT molecular complexity index is 553. The minimum Gasteiger partial charge on any atom is -0.545 e. The number of carbonyl (C=O) groups is 2. The SMILES string of the molecule is O=C([O-])c1ccc(Oc2ccc(C(=O)[O-])cc2)cc1.[Ag+].[Ag+]. The molecule has 0 atom stereocenters. The zero-order valence-electron chi connectivity index (χ0n) is 10.3. The average molecular weight is 472 g/mol. The van der Waals surface area contributed by atoms with Crippen LogP contribution in [0.3, 0.4) is 0 Å². The summed E-state index contributed by atoms with van der Waals surface area (Å²) in [5.41, 5.74) is 0.110. The third-order valence-corrected chi connectivity index (χ3v) is 2.42. The molecule has 0 aliphatic carbocycles. The summed E-state index contributed by atoms with van der Waals surface area (Å²) in [4.78, 5) is 21.1. The topological polar surface area (TPSA) is 89.5 Å². The van der Waals surface area contributed by atoms with Gasteiger partial charge in [0.05, 0.1) is 11.9 Å². The van der Waals surface area contributed by atoms with Gasteiger partial charge in [0.15, 0.2) is 0 Å². The number of hydrogen-bond donors (Lipinski definition) is 0. The van der Waals surface area contributed by atoms with E-state index in [1.807, 2.05) is 0 Å². The van der Waals surface area contributed by atoms with Crippen LogP contribution in [0, 0.1) is 0 Å². The molecule has 2 aromatic carbocycles. The monoisotopic (exact) mass is 470 g/mol. The quantitative estimate of drug-likeness (QED) is 0.594. The van der Waals surface area contributed by atoms with E-state index in [1.165, 1.54) is 48.5 Å². The fourth-order valence-corrected chi connectivity index (χ4v) is 1.45. The van der Waals surface area contributed by atoms with Gasteiger partial charge in [-0.1, -0.05) is 0 Å². The number of carboxylic acids is 2. The van der Waals surface area contributed by atoms with Gasteiger partial charge in [0.1, 0.15) is 11.5 Å². The summed E-state index contributed by atoms with van der Waals surface area (Å²) >= 11 is 0. The molecule has 2 aromatic rings. The number of carboxylic acid groups (broad SMARTS) is 2.